The van der Waals surface area contributed by atoms with Gasteiger partial charge >= 0.3 is 6.03 Å². The van der Waals surface area contributed by atoms with Crippen molar-refractivity contribution in [1.82, 2.24) is 15.8 Å². The topological polar surface area (TPSA) is 105 Å². The number of amides is 3. The minimum atomic E-state index is -0.695. The molecule has 0 spiro atoms. The van der Waals surface area contributed by atoms with E-state index in [1.807, 2.05) is 0 Å². The van der Waals surface area contributed by atoms with Crippen LogP contribution in [0, 0.1) is 6.92 Å². The quantitative estimate of drug-likeness (QED) is 0.643. The molecule has 3 N–H and O–H groups in total. The van der Waals surface area contributed by atoms with Crippen LogP contribution in [0.4, 0.5) is 10.6 Å². The Kier molecular flexibility index (Phi) is 5.80. The second-order valence-corrected chi connectivity index (χ2v) is 3.93. The Labute approximate surface area is 110 Å². The van der Waals surface area contributed by atoms with Crippen molar-refractivity contribution in [3.63, 3.8) is 0 Å². The number of aromatic nitrogens is 1. The Morgan fingerprint density at radius 2 is 2.26 bits per heavy atom. The van der Waals surface area contributed by atoms with Gasteiger partial charge in [0.1, 0.15) is 11.8 Å². The molecule has 0 aliphatic heterocycles. The molecular weight excluding hydrogens is 252 g/mol. The van der Waals surface area contributed by atoms with Crippen molar-refractivity contribution in [1.29, 1.82) is 0 Å². The van der Waals surface area contributed by atoms with Gasteiger partial charge in [-0.15, -0.1) is 0 Å². The fraction of sp³-hybridized carbons (Fsp3) is 0.545. The predicted octanol–water partition coefficient (Wildman–Crippen LogP) is 0.256. The first kappa shape index (κ1) is 15.0. The first-order chi connectivity index (χ1) is 9.02. The lowest BCUT2D eigenvalue weighted by Crippen LogP contribution is -2.47. The molecule has 1 aromatic rings. The average Bonchev–Trinajstić information content (AvgIpc) is 2.75. The number of nitrogens with one attached hydrogen (secondary N) is 3. The first-order valence-electron chi connectivity index (χ1n) is 5.80. The minimum Gasteiger partial charge on any atom is -0.383 e. The number of carbonyl (C=O) groups excluding carboxylic acids is 2. The molecule has 8 nitrogen and oxygen atoms in total. The van der Waals surface area contributed by atoms with Crippen molar-refractivity contribution in [2.75, 3.05) is 25.6 Å². The maximum atomic E-state index is 11.7. The highest BCUT2D eigenvalue weighted by atomic mass is 16.5. The molecule has 0 aliphatic carbocycles. The van der Waals surface area contributed by atoms with E-state index in [-0.39, 0.29) is 5.91 Å². The second kappa shape index (κ2) is 7.37. The number of aryl methyl sites for hydroxylation is 1. The average molecular weight is 270 g/mol. The van der Waals surface area contributed by atoms with Gasteiger partial charge in [0, 0.05) is 19.7 Å². The van der Waals surface area contributed by atoms with Crippen LogP contribution in [-0.2, 0) is 9.53 Å². The maximum Gasteiger partial charge on any atom is 0.315 e. The van der Waals surface area contributed by atoms with Gasteiger partial charge in [-0.05, 0) is 13.8 Å². The number of hydrogen-bond donors (Lipinski definition) is 3. The van der Waals surface area contributed by atoms with Crippen LogP contribution in [0.15, 0.2) is 10.6 Å². The van der Waals surface area contributed by atoms with Crippen molar-refractivity contribution in [3.8, 4) is 0 Å². The lowest BCUT2D eigenvalue weighted by molar-refractivity contribution is -0.117. The SMILES string of the molecule is COCCNC(=O)N[C@H](C)C(=O)Nc1cc(C)on1. The van der Waals surface area contributed by atoms with Crippen LogP contribution in [0.5, 0.6) is 0 Å². The summed E-state index contributed by atoms with van der Waals surface area (Å²) in [6.07, 6.45) is 0. The number of rotatable bonds is 6. The third-order valence-electron chi connectivity index (χ3n) is 2.21. The lowest BCUT2D eigenvalue weighted by atomic mass is 10.3. The number of nitrogens with zero attached hydrogens (tertiary/aromatic N) is 1. The summed E-state index contributed by atoms with van der Waals surface area (Å²) in [5, 5.41) is 11.2. The molecule has 0 aromatic carbocycles. The van der Waals surface area contributed by atoms with Gasteiger partial charge in [0.05, 0.1) is 6.61 Å². The van der Waals surface area contributed by atoms with Gasteiger partial charge < -0.3 is 25.2 Å². The molecular formula is C11H18N4O4. The number of methoxy groups -OCH3 is 1. The van der Waals surface area contributed by atoms with Crippen molar-refractivity contribution < 1.29 is 18.8 Å². The molecule has 1 rings (SSSR count). The summed E-state index contributed by atoms with van der Waals surface area (Å²) in [5.74, 6) is 0.527. The van der Waals surface area contributed by atoms with Crippen molar-refractivity contribution in [3.05, 3.63) is 11.8 Å². The molecule has 106 valence electrons. The summed E-state index contributed by atoms with van der Waals surface area (Å²) in [6, 6.07) is 0.457. The van der Waals surface area contributed by atoms with Crippen molar-refractivity contribution >= 4 is 17.8 Å². The molecule has 19 heavy (non-hydrogen) atoms. The third-order valence-corrected chi connectivity index (χ3v) is 2.21. The number of carbonyl (C=O) groups is 2. The molecule has 0 fully saturated rings. The van der Waals surface area contributed by atoms with Crippen LogP contribution < -0.4 is 16.0 Å². The summed E-state index contributed by atoms with van der Waals surface area (Å²) in [7, 11) is 1.54. The van der Waals surface area contributed by atoms with Crippen LogP contribution in [-0.4, -0.2) is 43.4 Å². The minimum absolute atomic E-state index is 0.316. The standard InChI is InChI=1S/C11H18N4O4/c1-7-6-9(15-19-7)14-10(16)8(2)13-11(17)12-4-5-18-3/h6,8H,4-5H2,1-3H3,(H2,12,13,17)(H,14,15,16)/t8-/m1/s1. The summed E-state index contributed by atoms with van der Waals surface area (Å²) < 4.78 is 9.60. The normalized spacial score (nSPS) is 11.7. The van der Waals surface area contributed by atoms with E-state index < -0.39 is 12.1 Å². The number of hydrogen-bond acceptors (Lipinski definition) is 5. The van der Waals surface area contributed by atoms with Gasteiger partial charge in [-0.1, -0.05) is 5.16 Å². The Balaban J connectivity index is 2.34. The summed E-state index contributed by atoms with van der Waals surface area (Å²) in [4.78, 5) is 23.1. The highest BCUT2D eigenvalue weighted by Crippen LogP contribution is 2.07. The Hall–Kier alpha value is -2.09. The van der Waals surface area contributed by atoms with Gasteiger partial charge in [0.25, 0.3) is 0 Å². The maximum absolute atomic E-state index is 11.7. The zero-order valence-corrected chi connectivity index (χ0v) is 11.1. The number of urea groups is 1. The van der Waals surface area contributed by atoms with E-state index >= 15 is 0 Å². The predicted molar refractivity (Wildman–Crippen MR) is 67.7 cm³/mol. The fourth-order valence-corrected chi connectivity index (χ4v) is 1.24. The second-order valence-electron chi connectivity index (χ2n) is 3.93. The van der Waals surface area contributed by atoms with Gasteiger partial charge in [-0.25, -0.2) is 4.79 Å². The van der Waals surface area contributed by atoms with Crippen LogP contribution in [0.25, 0.3) is 0 Å². The molecule has 0 radical (unpaired) electrons. The lowest BCUT2D eigenvalue weighted by Gasteiger charge is -2.13. The van der Waals surface area contributed by atoms with E-state index in [1.54, 1.807) is 19.9 Å². The molecule has 0 aliphatic rings. The van der Waals surface area contributed by atoms with E-state index in [4.69, 9.17) is 9.26 Å². The van der Waals surface area contributed by atoms with E-state index in [9.17, 15) is 9.59 Å². The molecule has 0 saturated heterocycles. The van der Waals surface area contributed by atoms with E-state index in [2.05, 4.69) is 21.1 Å². The largest absolute Gasteiger partial charge is 0.383 e. The zero-order chi connectivity index (χ0) is 14.3. The molecule has 8 heteroatoms. The Morgan fingerprint density at radius 1 is 1.53 bits per heavy atom. The van der Waals surface area contributed by atoms with Crippen LogP contribution in [0.3, 0.4) is 0 Å². The molecule has 0 bridgehead atoms. The van der Waals surface area contributed by atoms with Crippen LogP contribution in [0.2, 0.25) is 0 Å². The van der Waals surface area contributed by atoms with Crippen LogP contribution in [0.1, 0.15) is 12.7 Å². The number of anilines is 1. The smallest absolute Gasteiger partial charge is 0.315 e. The Morgan fingerprint density at radius 3 is 2.84 bits per heavy atom. The molecule has 0 saturated carbocycles. The fourth-order valence-electron chi connectivity index (χ4n) is 1.24. The highest BCUT2D eigenvalue weighted by molar-refractivity contribution is 5.95. The first-order valence-corrected chi connectivity index (χ1v) is 5.80. The molecule has 3 amide bonds. The molecule has 1 heterocycles. The summed E-state index contributed by atoms with van der Waals surface area (Å²) in [6.45, 7) is 4.07. The number of ether oxygens (including phenoxy) is 1. The van der Waals surface area contributed by atoms with Crippen molar-refractivity contribution in [2.24, 2.45) is 0 Å². The molecule has 1 aromatic heterocycles. The summed E-state index contributed by atoms with van der Waals surface area (Å²) in [5.41, 5.74) is 0. The van der Waals surface area contributed by atoms with Gasteiger partial charge in [0.2, 0.25) is 5.91 Å². The summed E-state index contributed by atoms with van der Waals surface area (Å²) >= 11 is 0. The molecule has 1 atom stereocenters. The van der Waals surface area contributed by atoms with E-state index in [0.29, 0.717) is 24.7 Å². The van der Waals surface area contributed by atoms with E-state index in [1.165, 1.54) is 7.11 Å². The van der Waals surface area contributed by atoms with Gasteiger partial charge in [0.15, 0.2) is 5.82 Å². The Bertz CT molecular complexity index is 432. The third kappa shape index (κ3) is 5.38. The molecule has 0 unspecified atom stereocenters. The van der Waals surface area contributed by atoms with Crippen LogP contribution >= 0.6 is 0 Å². The monoisotopic (exact) mass is 270 g/mol. The van der Waals surface area contributed by atoms with E-state index in [0.717, 1.165) is 0 Å². The van der Waals surface area contributed by atoms with Gasteiger partial charge in [-0.2, -0.15) is 0 Å². The van der Waals surface area contributed by atoms with Crippen molar-refractivity contribution in [2.45, 2.75) is 19.9 Å². The van der Waals surface area contributed by atoms with Gasteiger partial charge in [-0.3, -0.25) is 4.79 Å². The zero-order valence-electron chi connectivity index (χ0n) is 11.1. The highest BCUT2D eigenvalue weighted by Gasteiger charge is 2.16.